The summed E-state index contributed by atoms with van der Waals surface area (Å²) >= 11 is 0. The molecule has 1 aromatic rings. The second-order valence-electron chi connectivity index (χ2n) is 3.80. The van der Waals surface area contributed by atoms with Crippen molar-refractivity contribution in [2.24, 2.45) is 5.92 Å². The molecule has 0 aromatic heterocycles. The zero-order valence-corrected chi connectivity index (χ0v) is 9.74. The van der Waals surface area contributed by atoms with Crippen LogP contribution in [-0.4, -0.2) is 11.1 Å². The number of halogens is 1. The van der Waals surface area contributed by atoms with E-state index >= 15 is 0 Å². The first-order valence-corrected chi connectivity index (χ1v) is 5.51. The van der Waals surface area contributed by atoms with E-state index in [1.165, 1.54) is 6.07 Å². The topological polar surface area (TPSA) is 37.3 Å². The first-order valence-electron chi connectivity index (χ1n) is 5.51. The van der Waals surface area contributed by atoms with Crippen LogP contribution in [0.2, 0.25) is 0 Å². The Kier molecular flexibility index (Phi) is 5.22. The molecule has 0 saturated heterocycles. The lowest BCUT2D eigenvalue weighted by Gasteiger charge is -2.11. The molecule has 0 aliphatic heterocycles. The largest absolute Gasteiger partial charge is 0.481 e. The van der Waals surface area contributed by atoms with Crippen molar-refractivity contribution in [1.29, 1.82) is 0 Å². The smallest absolute Gasteiger partial charge is 0.306 e. The van der Waals surface area contributed by atoms with Gasteiger partial charge in [-0.25, -0.2) is 4.39 Å². The van der Waals surface area contributed by atoms with E-state index in [0.29, 0.717) is 18.4 Å². The molecule has 0 heterocycles. The average molecular weight is 234 g/mol. The fourth-order valence-corrected chi connectivity index (χ4v) is 1.61. The molecule has 1 N–H and O–H groups in total. The minimum atomic E-state index is -0.897. The molecule has 1 aromatic carbocycles. The number of carbonyl (C=O) groups is 1. The quantitative estimate of drug-likeness (QED) is 0.795. The van der Waals surface area contributed by atoms with Gasteiger partial charge in [-0.05, 0) is 31.4 Å². The van der Waals surface area contributed by atoms with Crippen LogP contribution in [-0.2, 0) is 11.2 Å². The van der Waals surface area contributed by atoms with E-state index in [-0.39, 0.29) is 12.2 Å². The fraction of sp³-hybridized carbons (Fsp3) is 0.357. The van der Waals surface area contributed by atoms with Gasteiger partial charge in [0.2, 0.25) is 0 Å². The standard InChI is InChI=1S/C14H15FO2/c1-2-3-4-8-12(14(16)17)10-11-7-5-6-9-13(11)15/h5-7,9,12H,4,8,10H2,1H3,(H,16,17). The van der Waals surface area contributed by atoms with Crippen molar-refractivity contribution in [3.8, 4) is 11.8 Å². The molecule has 0 saturated carbocycles. The summed E-state index contributed by atoms with van der Waals surface area (Å²) < 4.78 is 13.4. The average Bonchev–Trinajstić information content (AvgIpc) is 2.30. The summed E-state index contributed by atoms with van der Waals surface area (Å²) in [6.07, 6.45) is 1.19. The van der Waals surface area contributed by atoms with Gasteiger partial charge < -0.3 is 5.11 Å². The van der Waals surface area contributed by atoms with Gasteiger partial charge in [-0.1, -0.05) is 18.2 Å². The van der Waals surface area contributed by atoms with E-state index in [9.17, 15) is 9.18 Å². The van der Waals surface area contributed by atoms with Crippen LogP contribution in [0.3, 0.4) is 0 Å². The first kappa shape index (κ1) is 13.2. The zero-order chi connectivity index (χ0) is 12.7. The Balaban J connectivity index is 2.69. The molecule has 0 aliphatic carbocycles. The van der Waals surface area contributed by atoms with Crippen LogP contribution in [0.4, 0.5) is 4.39 Å². The van der Waals surface area contributed by atoms with Crippen LogP contribution in [0.1, 0.15) is 25.3 Å². The molecule has 0 bridgehead atoms. The highest BCUT2D eigenvalue weighted by Gasteiger charge is 2.18. The summed E-state index contributed by atoms with van der Waals surface area (Å²) in [5.41, 5.74) is 0.448. The second kappa shape index (κ2) is 6.70. The molecular formula is C14H15FO2. The van der Waals surface area contributed by atoms with E-state index in [1.807, 2.05) is 0 Å². The van der Waals surface area contributed by atoms with Crippen LogP contribution in [0.15, 0.2) is 24.3 Å². The molecule has 0 amide bonds. The number of hydrogen-bond donors (Lipinski definition) is 1. The Morgan fingerprint density at radius 1 is 1.47 bits per heavy atom. The van der Waals surface area contributed by atoms with E-state index in [2.05, 4.69) is 11.8 Å². The van der Waals surface area contributed by atoms with Gasteiger partial charge in [0.15, 0.2) is 0 Å². The minimum Gasteiger partial charge on any atom is -0.481 e. The summed E-state index contributed by atoms with van der Waals surface area (Å²) in [6, 6.07) is 6.28. The number of carboxylic acids is 1. The molecule has 1 rings (SSSR count). The predicted octanol–water partition coefficient (Wildman–Crippen LogP) is 2.87. The highest BCUT2D eigenvalue weighted by atomic mass is 19.1. The van der Waals surface area contributed by atoms with Crippen molar-refractivity contribution < 1.29 is 14.3 Å². The van der Waals surface area contributed by atoms with E-state index in [1.54, 1.807) is 25.1 Å². The highest BCUT2D eigenvalue weighted by Crippen LogP contribution is 2.16. The molecule has 0 aliphatic rings. The molecule has 1 unspecified atom stereocenters. The van der Waals surface area contributed by atoms with Gasteiger partial charge in [0.25, 0.3) is 0 Å². The van der Waals surface area contributed by atoms with Gasteiger partial charge in [-0.15, -0.1) is 11.8 Å². The Labute approximate surface area is 100 Å². The third-order valence-corrected chi connectivity index (χ3v) is 2.57. The molecule has 2 nitrogen and oxygen atoms in total. The van der Waals surface area contributed by atoms with Gasteiger partial charge in [-0.3, -0.25) is 4.79 Å². The van der Waals surface area contributed by atoms with Crippen LogP contribution in [0.5, 0.6) is 0 Å². The van der Waals surface area contributed by atoms with Crippen molar-refractivity contribution in [3.63, 3.8) is 0 Å². The predicted molar refractivity (Wildman–Crippen MR) is 63.9 cm³/mol. The van der Waals surface area contributed by atoms with Gasteiger partial charge in [0.1, 0.15) is 5.82 Å². The molecule has 0 fully saturated rings. The molecule has 0 radical (unpaired) electrons. The summed E-state index contributed by atoms with van der Waals surface area (Å²) in [5.74, 6) is 3.73. The number of hydrogen-bond acceptors (Lipinski definition) is 1. The van der Waals surface area contributed by atoms with E-state index in [4.69, 9.17) is 5.11 Å². The normalized spacial score (nSPS) is 11.4. The third-order valence-electron chi connectivity index (χ3n) is 2.57. The molecule has 90 valence electrons. The fourth-order valence-electron chi connectivity index (χ4n) is 1.61. The summed E-state index contributed by atoms with van der Waals surface area (Å²) in [5, 5.41) is 9.05. The van der Waals surface area contributed by atoms with Crippen molar-refractivity contribution in [2.45, 2.75) is 26.2 Å². The third kappa shape index (κ3) is 4.28. The maximum Gasteiger partial charge on any atom is 0.306 e. The van der Waals surface area contributed by atoms with Crippen LogP contribution < -0.4 is 0 Å². The number of benzene rings is 1. The van der Waals surface area contributed by atoms with E-state index < -0.39 is 11.9 Å². The van der Waals surface area contributed by atoms with Crippen molar-refractivity contribution in [3.05, 3.63) is 35.6 Å². The van der Waals surface area contributed by atoms with Crippen molar-refractivity contribution in [1.82, 2.24) is 0 Å². The molecule has 1 atom stereocenters. The molecule has 0 spiro atoms. The molecule has 3 heteroatoms. The first-order chi connectivity index (χ1) is 8.15. The Morgan fingerprint density at radius 2 is 2.18 bits per heavy atom. The maximum atomic E-state index is 13.4. The SMILES string of the molecule is CC#CCCC(Cc1ccccc1F)C(=O)O. The lowest BCUT2D eigenvalue weighted by Crippen LogP contribution is -2.17. The van der Waals surface area contributed by atoms with Crippen molar-refractivity contribution >= 4 is 5.97 Å². The van der Waals surface area contributed by atoms with Crippen LogP contribution in [0, 0.1) is 23.6 Å². The summed E-state index contributed by atoms with van der Waals surface area (Å²) in [7, 11) is 0. The van der Waals surface area contributed by atoms with E-state index in [0.717, 1.165) is 0 Å². The van der Waals surface area contributed by atoms with Gasteiger partial charge in [0.05, 0.1) is 5.92 Å². The Bertz CT molecular complexity index is 443. The second-order valence-corrected chi connectivity index (χ2v) is 3.80. The zero-order valence-electron chi connectivity index (χ0n) is 9.74. The van der Waals surface area contributed by atoms with Gasteiger partial charge >= 0.3 is 5.97 Å². The monoisotopic (exact) mass is 234 g/mol. The number of carboxylic acid groups (broad SMARTS) is 1. The lowest BCUT2D eigenvalue weighted by atomic mass is 9.95. The number of rotatable bonds is 5. The Morgan fingerprint density at radius 3 is 2.76 bits per heavy atom. The summed E-state index contributed by atoms with van der Waals surface area (Å²) in [6.45, 7) is 1.71. The van der Waals surface area contributed by atoms with Crippen LogP contribution >= 0.6 is 0 Å². The highest BCUT2D eigenvalue weighted by molar-refractivity contribution is 5.70. The minimum absolute atomic E-state index is 0.216. The van der Waals surface area contributed by atoms with Gasteiger partial charge in [0, 0.05) is 6.42 Å². The van der Waals surface area contributed by atoms with Gasteiger partial charge in [-0.2, -0.15) is 0 Å². The maximum absolute atomic E-state index is 13.4. The van der Waals surface area contributed by atoms with Crippen LogP contribution in [0.25, 0.3) is 0 Å². The lowest BCUT2D eigenvalue weighted by molar-refractivity contribution is -0.141. The molecular weight excluding hydrogens is 219 g/mol. The van der Waals surface area contributed by atoms with Crippen molar-refractivity contribution in [2.75, 3.05) is 0 Å². The summed E-state index contributed by atoms with van der Waals surface area (Å²) in [4.78, 5) is 11.0. The molecule has 17 heavy (non-hydrogen) atoms. The number of aliphatic carboxylic acids is 1. The Hall–Kier alpha value is -1.82.